The minimum atomic E-state index is -0.813. The highest BCUT2D eigenvalue weighted by atomic mass is 16.4. The number of hydrogen-bond donors (Lipinski definition) is 2. The van der Waals surface area contributed by atoms with Gasteiger partial charge >= 0.3 is 5.97 Å². The molecule has 0 aromatic heterocycles. The number of benzene rings is 1. The number of nitrogen functional groups attached to an aromatic ring is 1. The Morgan fingerprint density at radius 3 is 2.31 bits per heavy atom. The van der Waals surface area contributed by atoms with Gasteiger partial charge in [0.2, 0.25) is 0 Å². The van der Waals surface area contributed by atoms with Crippen molar-refractivity contribution in [3.63, 3.8) is 0 Å². The van der Waals surface area contributed by atoms with Crippen LogP contribution in [0.25, 0.3) is 0 Å². The summed E-state index contributed by atoms with van der Waals surface area (Å²) in [6, 6.07) is 3.85. The zero-order chi connectivity index (χ0) is 12.5. The third-order valence-corrected chi connectivity index (χ3v) is 2.83. The molecule has 88 valence electrons. The van der Waals surface area contributed by atoms with Crippen LogP contribution in [0.5, 0.6) is 0 Å². The van der Waals surface area contributed by atoms with Crippen molar-refractivity contribution in [2.24, 2.45) is 5.92 Å². The van der Waals surface area contributed by atoms with Crippen LogP contribution in [-0.4, -0.2) is 11.1 Å². The van der Waals surface area contributed by atoms with E-state index in [1.807, 2.05) is 39.8 Å². The molecule has 0 heterocycles. The van der Waals surface area contributed by atoms with Gasteiger partial charge in [-0.25, -0.2) is 0 Å². The topological polar surface area (TPSA) is 63.3 Å². The molecule has 0 aliphatic carbocycles. The molecular weight excluding hydrogens is 202 g/mol. The van der Waals surface area contributed by atoms with E-state index in [0.717, 1.165) is 16.7 Å². The van der Waals surface area contributed by atoms with Gasteiger partial charge in [-0.1, -0.05) is 31.5 Å². The van der Waals surface area contributed by atoms with Crippen molar-refractivity contribution in [3.05, 3.63) is 28.8 Å². The number of carbonyl (C=O) groups is 1. The number of carboxylic acids is 1. The van der Waals surface area contributed by atoms with Gasteiger partial charge in [0.1, 0.15) is 0 Å². The highest BCUT2D eigenvalue weighted by molar-refractivity contribution is 5.79. The second kappa shape index (κ2) is 4.56. The molecular formula is C13H19NO2. The zero-order valence-corrected chi connectivity index (χ0v) is 10.2. The Bertz CT molecular complexity index is 411. The lowest BCUT2D eigenvalue weighted by molar-refractivity contribution is -0.139. The maximum atomic E-state index is 11.3. The number of carboxylic acid groups (broad SMARTS) is 1. The van der Waals surface area contributed by atoms with E-state index in [9.17, 15) is 9.90 Å². The number of anilines is 1. The summed E-state index contributed by atoms with van der Waals surface area (Å²) < 4.78 is 0. The van der Waals surface area contributed by atoms with Crippen molar-refractivity contribution >= 4 is 11.7 Å². The second-order valence-corrected chi connectivity index (χ2v) is 4.64. The maximum Gasteiger partial charge on any atom is 0.311 e. The molecule has 0 radical (unpaired) electrons. The summed E-state index contributed by atoms with van der Waals surface area (Å²) in [5, 5.41) is 9.25. The molecule has 3 N–H and O–H groups in total. The molecule has 3 nitrogen and oxygen atoms in total. The van der Waals surface area contributed by atoms with E-state index < -0.39 is 11.9 Å². The minimum Gasteiger partial charge on any atom is -0.481 e. The summed E-state index contributed by atoms with van der Waals surface area (Å²) in [6.45, 7) is 7.66. The average molecular weight is 221 g/mol. The van der Waals surface area contributed by atoms with Gasteiger partial charge in [-0.2, -0.15) is 0 Å². The molecule has 1 unspecified atom stereocenters. The van der Waals surface area contributed by atoms with Crippen LogP contribution >= 0.6 is 0 Å². The molecule has 0 bridgehead atoms. The molecule has 3 heteroatoms. The van der Waals surface area contributed by atoms with Gasteiger partial charge < -0.3 is 10.8 Å². The largest absolute Gasteiger partial charge is 0.481 e. The van der Waals surface area contributed by atoms with Gasteiger partial charge in [-0.15, -0.1) is 0 Å². The summed E-state index contributed by atoms with van der Waals surface area (Å²) in [5.41, 5.74) is 9.30. The van der Waals surface area contributed by atoms with E-state index in [-0.39, 0.29) is 5.92 Å². The van der Waals surface area contributed by atoms with Gasteiger partial charge in [0.05, 0.1) is 5.92 Å². The number of aryl methyl sites for hydroxylation is 2. The van der Waals surface area contributed by atoms with Crippen LogP contribution in [0.15, 0.2) is 12.1 Å². The second-order valence-electron chi connectivity index (χ2n) is 4.64. The smallest absolute Gasteiger partial charge is 0.311 e. The summed E-state index contributed by atoms with van der Waals surface area (Å²) in [5.74, 6) is -1.31. The van der Waals surface area contributed by atoms with Crippen LogP contribution in [0, 0.1) is 19.8 Å². The summed E-state index contributed by atoms with van der Waals surface area (Å²) in [4.78, 5) is 11.3. The normalized spacial score (nSPS) is 12.8. The average Bonchev–Trinajstić information content (AvgIpc) is 2.12. The van der Waals surface area contributed by atoms with Crippen LogP contribution in [0.3, 0.4) is 0 Å². The molecule has 0 aliphatic rings. The molecule has 0 spiro atoms. The Morgan fingerprint density at radius 2 is 1.88 bits per heavy atom. The number of aliphatic carboxylic acids is 1. The van der Waals surface area contributed by atoms with Crippen LogP contribution in [0.4, 0.5) is 5.69 Å². The van der Waals surface area contributed by atoms with Crippen LogP contribution < -0.4 is 5.73 Å². The fraction of sp³-hybridized carbons (Fsp3) is 0.462. The fourth-order valence-corrected chi connectivity index (χ4v) is 2.05. The van der Waals surface area contributed by atoms with Crippen molar-refractivity contribution in [2.45, 2.75) is 33.6 Å². The zero-order valence-electron chi connectivity index (χ0n) is 10.2. The Morgan fingerprint density at radius 1 is 1.31 bits per heavy atom. The lowest BCUT2D eigenvalue weighted by Crippen LogP contribution is -2.19. The maximum absolute atomic E-state index is 11.3. The Hall–Kier alpha value is -1.51. The van der Waals surface area contributed by atoms with Crippen LogP contribution in [-0.2, 0) is 4.79 Å². The van der Waals surface area contributed by atoms with E-state index in [4.69, 9.17) is 5.73 Å². The standard InChI is InChI=1S/C13H19NO2/c1-7(2)11(13(15)16)10-6-8(3)5-9(4)12(10)14/h5-7,11H,14H2,1-4H3,(H,15,16). The van der Waals surface area contributed by atoms with Gasteiger partial charge in [-0.3, -0.25) is 4.79 Å². The molecule has 1 aromatic carbocycles. The minimum absolute atomic E-state index is 0.0287. The Labute approximate surface area is 96.3 Å². The first kappa shape index (κ1) is 12.6. The van der Waals surface area contributed by atoms with E-state index in [2.05, 4.69) is 0 Å². The predicted octanol–water partition coefficient (Wildman–Crippen LogP) is 2.71. The van der Waals surface area contributed by atoms with E-state index >= 15 is 0 Å². The van der Waals surface area contributed by atoms with Crippen molar-refractivity contribution in [3.8, 4) is 0 Å². The molecule has 0 amide bonds. The molecule has 1 rings (SSSR count). The van der Waals surface area contributed by atoms with Crippen LogP contribution in [0.1, 0.15) is 36.5 Å². The lowest BCUT2D eigenvalue weighted by Gasteiger charge is -2.20. The first-order chi connectivity index (χ1) is 7.34. The molecule has 16 heavy (non-hydrogen) atoms. The summed E-state index contributed by atoms with van der Waals surface area (Å²) in [7, 11) is 0. The quantitative estimate of drug-likeness (QED) is 0.771. The number of nitrogens with two attached hydrogens (primary N) is 1. The van der Waals surface area contributed by atoms with Gasteiger partial charge in [0.25, 0.3) is 0 Å². The third kappa shape index (κ3) is 2.35. The summed E-state index contributed by atoms with van der Waals surface area (Å²) in [6.07, 6.45) is 0. The van der Waals surface area contributed by atoms with Gasteiger partial charge in [0.15, 0.2) is 0 Å². The summed E-state index contributed by atoms with van der Waals surface area (Å²) >= 11 is 0. The van der Waals surface area contributed by atoms with Gasteiger partial charge in [-0.05, 0) is 30.9 Å². The molecule has 0 saturated carbocycles. The number of hydrogen-bond acceptors (Lipinski definition) is 2. The lowest BCUT2D eigenvalue weighted by atomic mass is 9.85. The van der Waals surface area contributed by atoms with Crippen molar-refractivity contribution < 1.29 is 9.90 Å². The highest BCUT2D eigenvalue weighted by Gasteiger charge is 2.26. The number of rotatable bonds is 3. The van der Waals surface area contributed by atoms with E-state index in [1.54, 1.807) is 0 Å². The van der Waals surface area contributed by atoms with E-state index in [0.29, 0.717) is 5.69 Å². The fourth-order valence-electron chi connectivity index (χ4n) is 2.05. The van der Waals surface area contributed by atoms with Crippen LogP contribution in [0.2, 0.25) is 0 Å². The SMILES string of the molecule is Cc1cc(C)c(N)c(C(C(=O)O)C(C)C)c1. The molecule has 0 saturated heterocycles. The Balaban J connectivity index is 3.34. The van der Waals surface area contributed by atoms with Crippen molar-refractivity contribution in [2.75, 3.05) is 5.73 Å². The Kier molecular flexibility index (Phi) is 3.58. The first-order valence-electron chi connectivity index (χ1n) is 5.44. The first-order valence-corrected chi connectivity index (χ1v) is 5.44. The monoisotopic (exact) mass is 221 g/mol. The third-order valence-electron chi connectivity index (χ3n) is 2.83. The highest BCUT2D eigenvalue weighted by Crippen LogP contribution is 2.32. The molecule has 1 atom stereocenters. The molecule has 0 aliphatic heterocycles. The van der Waals surface area contributed by atoms with Gasteiger partial charge in [0, 0.05) is 5.69 Å². The van der Waals surface area contributed by atoms with Crippen molar-refractivity contribution in [1.29, 1.82) is 0 Å². The predicted molar refractivity (Wildman–Crippen MR) is 65.5 cm³/mol. The van der Waals surface area contributed by atoms with Crippen molar-refractivity contribution in [1.82, 2.24) is 0 Å². The molecule has 0 fully saturated rings. The van der Waals surface area contributed by atoms with E-state index in [1.165, 1.54) is 0 Å². The molecule has 1 aromatic rings.